The molecule has 0 aromatic heterocycles. The molecule has 98 valence electrons. The van der Waals surface area contributed by atoms with Crippen LogP contribution in [0.3, 0.4) is 0 Å². The number of imide groups is 1. The van der Waals surface area contributed by atoms with Gasteiger partial charge < -0.3 is 4.74 Å². The van der Waals surface area contributed by atoms with Crippen LogP contribution in [0.5, 0.6) is 5.75 Å². The molecule has 1 aromatic rings. The molecule has 0 bridgehead atoms. The summed E-state index contributed by atoms with van der Waals surface area (Å²) in [6, 6.07) is 9.28. The Morgan fingerprint density at radius 1 is 1.16 bits per heavy atom. The number of hydrogen-bond donors (Lipinski definition) is 0. The minimum absolute atomic E-state index is 0.127. The van der Waals surface area contributed by atoms with Crippen LogP contribution < -0.4 is 4.74 Å². The SMILES string of the molecule is N#CCc1ccc(OCCN2C(=O)CCC2=O)cc1. The van der Waals surface area contributed by atoms with Crippen LogP contribution in [-0.4, -0.2) is 29.9 Å². The van der Waals surface area contributed by atoms with Crippen molar-refractivity contribution in [1.82, 2.24) is 4.90 Å². The topological polar surface area (TPSA) is 70.4 Å². The number of carbonyl (C=O) groups is 2. The molecule has 1 aliphatic rings. The maximum Gasteiger partial charge on any atom is 0.229 e. The second kappa shape index (κ2) is 6.01. The van der Waals surface area contributed by atoms with E-state index in [9.17, 15) is 9.59 Å². The fourth-order valence-corrected chi connectivity index (χ4v) is 1.92. The molecule has 0 unspecified atom stereocenters. The monoisotopic (exact) mass is 258 g/mol. The van der Waals surface area contributed by atoms with E-state index in [0.717, 1.165) is 5.56 Å². The Bertz CT molecular complexity index is 500. The number of amides is 2. The molecule has 2 rings (SSSR count). The van der Waals surface area contributed by atoms with Gasteiger partial charge in [-0.25, -0.2) is 0 Å². The third-order valence-electron chi connectivity index (χ3n) is 2.94. The maximum absolute atomic E-state index is 11.4. The van der Waals surface area contributed by atoms with Crippen LogP contribution in [0.1, 0.15) is 18.4 Å². The number of ether oxygens (including phenoxy) is 1. The summed E-state index contributed by atoms with van der Waals surface area (Å²) in [5, 5.41) is 8.55. The van der Waals surface area contributed by atoms with Gasteiger partial charge in [0.25, 0.3) is 0 Å². The van der Waals surface area contributed by atoms with Gasteiger partial charge in [-0.1, -0.05) is 12.1 Å². The second-order valence-corrected chi connectivity index (χ2v) is 4.27. The molecule has 1 fully saturated rings. The highest BCUT2D eigenvalue weighted by molar-refractivity contribution is 6.01. The van der Waals surface area contributed by atoms with Gasteiger partial charge >= 0.3 is 0 Å². The normalized spacial score (nSPS) is 14.6. The van der Waals surface area contributed by atoms with Crippen molar-refractivity contribution in [2.24, 2.45) is 0 Å². The van der Waals surface area contributed by atoms with E-state index < -0.39 is 0 Å². The standard InChI is InChI=1S/C14H14N2O3/c15-8-7-11-1-3-12(4-2-11)19-10-9-16-13(17)5-6-14(16)18/h1-4H,5-7,9-10H2. The van der Waals surface area contributed by atoms with Gasteiger partial charge in [0, 0.05) is 12.8 Å². The van der Waals surface area contributed by atoms with Crippen LogP contribution in [0.2, 0.25) is 0 Å². The summed E-state index contributed by atoms with van der Waals surface area (Å²) < 4.78 is 5.47. The smallest absolute Gasteiger partial charge is 0.229 e. The van der Waals surface area contributed by atoms with Gasteiger partial charge in [-0.3, -0.25) is 14.5 Å². The van der Waals surface area contributed by atoms with E-state index in [1.807, 2.05) is 12.1 Å². The number of likely N-dealkylation sites (tertiary alicyclic amines) is 1. The highest BCUT2D eigenvalue weighted by Crippen LogP contribution is 2.14. The molecule has 1 aromatic carbocycles. The Morgan fingerprint density at radius 2 is 1.79 bits per heavy atom. The molecule has 0 radical (unpaired) electrons. The van der Waals surface area contributed by atoms with E-state index in [0.29, 0.717) is 25.0 Å². The molecule has 0 N–H and O–H groups in total. The summed E-state index contributed by atoms with van der Waals surface area (Å²) >= 11 is 0. The summed E-state index contributed by atoms with van der Waals surface area (Å²) in [4.78, 5) is 24.0. The maximum atomic E-state index is 11.4. The van der Waals surface area contributed by atoms with Gasteiger partial charge in [0.05, 0.1) is 19.0 Å². The van der Waals surface area contributed by atoms with Gasteiger partial charge in [0.2, 0.25) is 11.8 Å². The lowest BCUT2D eigenvalue weighted by molar-refractivity contribution is -0.138. The molecular weight excluding hydrogens is 244 g/mol. The van der Waals surface area contributed by atoms with Crippen LogP contribution >= 0.6 is 0 Å². The van der Waals surface area contributed by atoms with E-state index in [1.165, 1.54) is 4.90 Å². The summed E-state index contributed by atoms with van der Waals surface area (Å²) in [5.74, 6) is 0.414. The first-order valence-electron chi connectivity index (χ1n) is 6.12. The first-order valence-corrected chi connectivity index (χ1v) is 6.12. The number of hydrogen-bond acceptors (Lipinski definition) is 4. The molecular formula is C14H14N2O3. The third-order valence-corrected chi connectivity index (χ3v) is 2.94. The molecule has 0 atom stereocenters. The number of carbonyl (C=O) groups excluding carboxylic acids is 2. The molecule has 0 saturated carbocycles. The van der Waals surface area contributed by atoms with Crippen LogP contribution in [0, 0.1) is 11.3 Å². The zero-order valence-corrected chi connectivity index (χ0v) is 10.5. The van der Waals surface area contributed by atoms with Crippen LogP contribution in [0.4, 0.5) is 0 Å². The molecule has 0 spiro atoms. The summed E-state index contributed by atoms with van der Waals surface area (Å²) in [7, 11) is 0. The van der Waals surface area contributed by atoms with Crippen molar-refractivity contribution in [2.75, 3.05) is 13.2 Å². The highest BCUT2D eigenvalue weighted by atomic mass is 16.5. The van der Waals surface area contributed by atoms with Gasteiger partial charge in [0.15, 0.2) is 0 Å². The number of nitriles is 1. The van der Waals surface area contributed by atoms with Crippen molar-refractivity contribution in [3.05, 3.63) is 29.8 Å². The molecule has 5 nitrogen and oxygen atoms in total. The zero-order chi connectivity index (χ0) is 13.7. The fourth-order valence-electron chi connectivity index (χ4n) is 1.92. The van der Waals surface area contributed by atoms with Crippen LogP contribution in [0.25, 0.3) is 0 Å². The Labute approximate surface area is 111 Å². The predicted octanol–water partition coefficient (Wildman–Crippen LogP) is 1.28. The number of benzene rings is 1. The minimum Gasteiger partial charge on any atom is -0.492 e. The molecule has 5 heteroatoms. The molecule has 2 amide bonds. The lowest BCUT2D eigenvalue weighted by Gasteiger charge is -2.14. The quantitative estimate of drug-likeness (QED) is 0.746. The lowest BCUT2D eigenvalue weighted by atomic mass is 10.2. The zero-order valence-electron chi connectivity index (χ0n) is 10.5. The lowest BCUT2D eigenvalue weighted by Crippen LogP contribution is -2.33. The first kappa shape index (κ1) is 13.1. The predicted molar refractivity (Wildman–Crippen MR) is 67.2 cm³/mol. The molecule has 19 heavy (non-hydrogen) atoms. The molecule has 1 aliphatic heterocycles. The Kier molecular flexibility index (Phi) is 4.14. The number of nitrogens with zero attached hydrogens (tertiary/aromatic N) is 2. The summed E-state index contributed by atoms with van der Waals surface area (Å²) in [6.07, 6.45) is 0.987. The molecule has 1 heterocycles. The Hall–Kier alpha value is -2.35. The molecule has 0 aliphatic carbocycles. The first-order chi connectivity index (χ1) is 9.20. The largest absolute Gasteiger partial charge is 0.492 e. The van der Waals surface area contributed by atoms with Crippen molar-refractivity contribution in [3.8, 4) is 11.8 Å². The van der Waals surface area contributed by atoms with Crippen molar-refractivity contribution < 1.29 is 14.3 Å². The van der Waals surface area contributed by atoms with Crippen molar-refractivity contribution in [1.29, 1.82) is 5.26 Å². The summed E-state index contributed by atoms with van der Waals surface area (Å²) in [6.45, 7) is 0.576. The van der Waals surface area contributed by atoms with Gasteiger partial charge in [-0.2, -0.15) is 5.26 Å². The van der Waals surface area contributed by atoms with E-state index in [-0.39, 0.29) is 25.0 Å². The van der Waals surface area contributed by atoms with E-state index >= 15 is 0 Å². The van der Waals surface area contributed by atoms with Crippen molar-refractivity contribution in [2.45, 2.75) is 19.3 Å². The number of rotatable bonds is 5. The van der Waals surface area contributed by atoms with E-state index in [4.69, 9.17) is 10.00 Å². The Morgan fingerprint density at radius 3 is 2.37 bits per heavy atom. The second-order valence-electron chi connectivity index (χ2n) is 4.27. The van der Waals surface area contributed by atoms with Gasteiger partial charge in [-0.15, -0.1) is 0 Å². The van der Waals surface area contributed by atoms with E-state index in [1.54, 1.807) is 12.1 Å². The highest BCUT2D eigenvalue weighted by Gasteiger charge is 2.28. The average Bonchev–Trinajstić information content (AvgIpc) is 2.73. The minimum atomic E-state index is -0.127. The third kappa shape index (κ3) is 3.32. The van der Waals surface area contributed by atoms with Gasteiger partial charge in [-0.05, 0) is 17.7 Å². The average molecular weight is 258 g/mol. The van der Waals surface area contributed by atoms with Crippen LogP contribution in [0.15, 0.2) is 24.3 Å². The van der Waals surface area contributed by atoms with E-state index in [2.05, 4.69) is 6.07 Å². The summed E-state index contributed by atoms with van der Waals surface area (Å²) in [5.41, 5.74) is 0.930. The van der Waals surface area contributed by atoms with Crippen molar-refractivity contribution in [3.63, 3.8) is 0 Å². The molecule has 1 saturated heterocycles. The fraction of sp³-hybridized carbons (Fsp3) is 0.357. The van der Waals surface area contributed by atoms with Gasteiger partial charge in [0.1, 0.15) is 12.4 Å². The van der Waals surface area contributed by atoms with Crippen molar-refractivity contribution >= 4 is 11.8 Å². The Balaban J connectivity index is 1.81. The van der Waals surface area contributed by atoms with Crippen LogP contribution in [-0.2, 0) is 16.0 Å².